The van der Waals surface area contributed by atoms with E-state index in [9.17, 15) is 9.59 Å². The molecule has 1 unspecified atom stereocenters. The summed E-state index contributed by atoms with van der Waals surface area (Å²) in [6, 6.07) is 7.54. The average Bonchev–Trinajstić information content (AvgIpc) is 3.19. The standard InChI is InChI=1S/C17H21N3O4/c1-3-20-12-7-5-4-6-11(12)19-15(20)10(2)18-16(21)13-8-9-14(24-13)17(22)23/h4-7,10,13-14H,3,8-9H2,1-2H3,(H,18,21)(H,22,23)/t10?,13-,14+/m0/s1. The molecule has 0 aliphatic carbocycles. The van der Waals surface area contributed by atoms with Gasteiger partial charge in [-0.25, -0.2) is 9.78 Å². The smallest absolute Gasteiger partial charge is 0.332 e. The monoisotopic (exact) mass is 331 g/mol. The molecule has 1 aromatic carbocycles. The number of para-hydroxylation sites is 2. The van der Waals surface area contributed by atoms with Crippen LogP contribution in [0.2, 0.25) is 0 Å². The van der Waals surface area contributed by atoms with E-state index in [1.807, 2.05) is 38.1 Å². The highest BCUT2D eigenvalue weighted by Gasteiger charge is 2.35. The Morgan fingerprint density at radius 3 is 2.75 bits per heavy atom. The topological polar surface area (TPSA) is 93.5 Å². The summed E-state index contributed by atoms with van der Waals surface area (Å²) in [4.78, 5) is 27.9. The van der Waals surface area contributed by atoms with Gasteiger partial charge in [-0.2, -0.15) is 0 Å². The summed E-state index contributed by atoms with van der Waals surface area (Å²) in [5.74, 6) is -0.535. The van der Waals surface area contributed by atoms with Gasteiger partial charge < -0.3 is 19.7 Å². The molecular weight excluding hydrogens is 310 g/mol. The molecule has 0 spiro atoms. The fourth-order valence-electron chi connectivity index (χ4n) is 3.14. The minimum atomic E-state index is -1.02. The van der Waals surface area contributed by atoms with E-state index in [1.54, 1.807) is 0 Å². The van der Waals surface area contributed by atoms with Gasteiger partial charge in [0.2, 0.25) is 5.91 Å². The zero-order valence-corrected chi connectivity index (χ0v) is 13.7. The number of nitrogens with one attached hydrogen (secondary N) is 1. The van der Waals surface area contributed by atoms with E-state index in [1.165, 1.54) is 0 Å². The third kappa shape index (κ3) is 2.99. The summed E-state index contributed by atoms with van der Waals surface area (Å²) < 4.78 is 7.36. The van der Waals surface area contributed by atoms with Crippen molar-refractivity contribution in [3.05, 3.63) is 30.1 Å². The summed E-state index contributed by atoms with van der Waals surface area (Å²) in [6.45, 7) is 4.65. The van der Waals surface area contributed by atoms with Gasteiger partial charge in [0.1, 0.15) is 11.9 Å². The Bertz CT molecular complexity index is 770. The van der Waals surface area contributed by atoms with Crippen LogP contribution in [0.1, 0.15) is 38.6 Å². The van der Waals surface area contributed by atoms with E-state index in [-0.39, 0.29) is 11.9 Å². The Morgan fingerprint density at radius 2 is 2.08 bits per heavy atom. The molecule has 0 bridgehead atoms. The van der Waals surface area contributed by atoms with Crippen LogP contribution in [0.3, 0.4) is 0 Å². The summed E-state index contributed by atoms with van der Waals surface area (Å²) >= 11 is 0. The highest BCUT2D eigenvalue weighted by Crippen LogP contribution is 2.23. The molecule has 1 fully saturated rings. The highest BCUT2D eigenvalue weighted by atomic mass is 16.5. The van der Waals surface area contributed by atoms with Gasteiger partial charge in [-0.05, 0) is 38.8 Å². The number of carbonyl (C=O) groups is 2. The Hall–Kier alpha value is -2.41. The van der Waals surface area contributed by atoms with Crippen LogP contribution in [0.5, 0.6) is 0 Å². The van der Waals surface area contributed by atoms with Crippen molar-refractivity contribution in [2.45, 2.75) is 51.5 Å². The van der Waals surface area contributed by atoms with E-state index in [4.69, 9.17) is 9.84 Å². The number of aryl methyl sites for hydroxylation is 1. The number of hydrogen-bond acceptors (Lipinski definition) is 4. The SMILES string of the molecule is CCn1c(C(C)NC(=O)[C@@H]2CC[C@H](C(=O)O)O2)nc2ccccc21. The van der Waals surface area contributed by atoms with Gasteiger partial charge >= 0.3 is 5.97 Å². The predicted octanol–water partition coefficient (Wildman–Crippen LogP) is 1.87. The number of hydrogen-bond donors (Lipinski definition) is 2. The van der Waals surface area contributed by atoms with Crippen molar-refractivity contribution in [1.29, 1.82) is 0 Å². The van der Waals surface area contributed by atoms with Crippen molar-refractivity contribution in [2.24, 2.45) is 0 Å². The zero-order valence-electron chi connectivity index (χ0n) is 13.7. The molecule has 24 heavy (non-hydrogen) atoms. The second-order valence-electron chi connectivity index (χ2n) is 5.96. The van der Waals surface area contributed by atoms with Gasteiger partial charge in [0.05, 0.1) is 17.1 Å². The van der Waals surface area contributed by atoms with Crippen molar-refractivity contribution in [1.82, 2.24) is 14.9 Å². The van der Waals surface area contributed by atoms with Crippen LogP contribution in [-0.4, -0.2) is 38.7 Å². The van der Waals surface area contributed by atoms with Crippen LogP contribution in [0.25, 0.3) is 11.0 Å². The van der Waals surface area contributed by atoms with Gasteiger partial charge in [0.15, 0.2) is 6.10 Å². The van der Waals surface area contributed by atoms with E-state index in [0.717, 1.165) is 23.4 Å². The second kappa shape index (κ2) is 6.60. The van der Waals surface area contributed by atoms with Crippen molar-refractivity contribution >= 4 is 22.9 Å². The van der Waals surface area contributed by atoms with Crippen LogP contribution in [-0.2, 0) is 20.9 Å². The number of carbonyl (C=O) groups excluding carboxylic acids is 1. The third-order valence-corrected chi connectivity index (χ3v) is 4.33. The fourth-order valence-corrected chi connectivity index (χ4v) is 3.14. The normalized spacial score (nSPS) is 21.8. The molecule has 3 atom stereocenters. The van der Waals surface area contributed by atoms with Crippen molar-refractivity contribution in [2.75, 3.05) is 0 Å². The minimum absolute atomic E-state index is 0.291. The Morgan fingerprint density at radius 1 is 1.38 bits per heavy atom. The van der Waals surface area contributed by atoms with Gasteiger partial charge in [-0.15, -0.1) is 0 Å². The molecule has 1 aliphatic heterocycles. The summed E-state index contributed by atoms with van der Waals surface area (Å²) in [5.41, 5.74) is 1.91. The number of benzene rings is 1. The van der Waals surface area contributed by atoms with Crippen LogP contribution in [0, 0.1) is 0 Å². The first-order valence-corrected chi connectivity index (χ1v) is 8.15. The largest absolute Gasteiger partial charge is 0.479 e. The number of carboxylic acids is 1. The fraction of sp³-hybridized carbons (Fsp3) is 0.471. The maximum Gasteiger partial charge on any atom is 0.332 e. The summed E-state index contributed by atoms with van der Waals surface area (Å²) in [5, 5.41) is 11.8. The van der Waals surface area contributed by atoms with Gasteiger partial charge in [-0.1, -0.05) is 12.1 Å². The number of imidazole rings is 1. The Labute approximate surface area is 139 Å². The second-order valence-corrected chi connectivity index (χ2v) is 5.96. The first-order chi connectivity index (χ1) is 11.5. The molecule has 1 aromatic heterocycles. The van der Waals surface area contributed by atoms with E-state index >= 15 is 0 Å². The van der Waals surface area contributed by atoms with Crippen molar-refractivity contribution < 1.29 is 19.4 Å². The minimum Gasteiger partial charge on any atom is -0.479 e. The number of fused-ring (bicyclic) bond motifs is 1. The number of carboxylic acid groups (broad SMARTS) is 1. The molecule has 7 nitrogen and oxygen atoms in total. The van der Waals surface area contributed by atoms with Gasteiger partial charge in [0, 0.05) is 6.54 Å². The quantitative estimate of drug-likeness (QED) is 0.872. The van der Waals surface area contributed by atoms with Crippen molar-refractivity contribution in [3.8, 4) is 0 Å². The lowest BCUT2D eigenvalue weighted by molar-refractivity contribution is -0.151. The highest BCUT2D eigenvalue weighted by molar-refractivity contribution is 5.83. The first-order valence-electron chi connectivity index (χ1n) is 8.15. The van der Waals surface area contributed by atoms with Crippen LogP contribution < -0.4 is 5.32 Å². The van der Waals surface area contributed by atoms with Gasteiger partial charge in [-0.3, -0.25) is 4.79 Å². The van der Waals surface area contributed by atoms with Crippen LogP contribution in [0.4, 0.5) is 0 Å². The first kappa shape index (κ1) is 16.4. The Kier molecular flexibility index (Phi) is 4.53. The maximum absolute atomic E-state index is 12.3. The van der Waals surface area contributed by atoms with Crippen LogP contribution >= 0.6 is 0 Å². The van der Waals surface area contributed by atoms with E-state index < -0.39 is 18.2 Å². The molecule has 1 amide bonds. The lowest BCUT2D eigenvalue weighted by Crippen LogP contribution is -2.37. The zero-order chi connectivity index (χ0) is 17.3. The summed E-state index contributed by atoms with van der Waals surface area (Å²) in [6.07, 6.45) is -0.834. The number of ether oxygens (including phenoxy) is 1. The predicted molar refractivity (Wildman–Crippen MR) is 87.5 cm³/mol. The van der Waals surface area contributed by atoms with E-state index in [0.29, 0.717) is 12.8 Å². The summed E-state index contributed by atoms with van der Waals surface area (Å²) in [7, 11) is 0. The molecule has 1 saturated heterocycles. The van der Waals surface area contributed by atoms with Crippen LogP contribution in [0.15, 0.2) is 24.3 Å². The molecule has 0 saturated carbocycles. The molecule has 2 aromatic rings. The maximum atomic E-state index is 12.3. The number of aromatic nitrogens is 2. The average molecular weight is 331 g/mol. The number of amides is 1. The molecule has 2 N–H and O–H groups in total. The number of nitrogens with zero attached hydrogens (tertiary/aromatic N) is 2. The molecule has 128 valence electrons. The molecule has 1 aliphatic rings. The van der Waals surface area contributed by atoms with Gasteiger partial charge in [0.25, 0.3) is 0 Å². The number of aliphatic carboxylic acids is 1. The molecule has 2 heterocycles. The lowest BCUT2D eigenvalue weighted by Gasteiger charge is -2.18. The van der Waals surface area contributed by atoms with Crippen molar-refractivity contribution in [3.63, 3.8) is 0 Å². The Balaban J connectivity index is 1.74. The molecule has 7 heteroatoms. The third-order valence-electron chi connectivity index (χ3n) is 4.33. The molecule has 0 radical (unpaired) electrons. The lowest BCUT2D eigenvalue weighted by atomic mass is 10.2. The molecule has 3 rings (SSSR count). The number of rotatable bonds is 5. The van der Waals surface area contributed by atoms with E-state index in [2.05, 4.69) is 14.9 Å². The molecular formula is C17H21N3O4.